The number of rotatable bonds is 9. The average molecular weight is 381 g/mol. The van der Waals surface area contributed by atoms with Gasteiger partial charge in [-0.3, -0.25) is 4.79 Å². The number of amides is 1. The van der Waals surface area contributed by atoms with Crippen molar-refractivity contribution >= 4 is 27.3 Å². The van der Waals surface area contributed by atoms with Gasteiger partial charge in [0.25, 0.3) is 0 Å². The highest BCUT2D eigenvalue weighted by atomic mass is 32.2. The number of carbonyl (C=O) groups is 1. The van der Waals surface area contributed by atoms with E-state index in [4.69, 9.17) is 0 Å². The molecule has 1 heterocycles. The molecule has 7 heteroatoms. The van der Waals surface area contributed by atoms with Crippen molar-refractivity contribution in [2.75, 3.05) is 13.1 Å². The Balaban J connectivity index is 1.88. The van der Waals surface area contributed by atoms with Gasteiger partial charge < -0.3 is 5.32 Å². The van der Waals surface area contributed by atoms with E-state index in [0.29, 0.717) is 26.1 Å². The van der Waals surface area contributed by atoms with Crippen LogP contribution in [0, 0.1) is 0 Å². The molecule has 0 unspecified atom stereocenters. The van der Waals surface area contributed by atoms with Gasteiger partial charge in [-0.15, -0.1) is 11.3 Å². The van der Waals surface area contributed by atoms with E-state index in [1.807, 2.05) is 31.4 Å². The molecule has 1 N–H and O–H groups in total. The highest BCUT2D eigenvalue weighted by Gasteiger charge is 2.21. The van der Waals surface area contributed by atoms with Crippen LogP contribution in [0.3, 0.4) is 0 Å². The van der Waals surface area contributed by atoms with Crippen molar-refractivity contribution in [3.8, 4) is 0 Å². The Bertz CT molecular complexity index is 765. The number of aryl methyl sites for hydroxylation is 1. The number of benzene rings is 1. The summed E-state index contributed by atoms with van der Waals surface area (Å²) in [4.78, 5) is 13.4. The lowest BCUT2D eigenvalue weighted by atomic mass is 10.2. The number of nitrogens with one attached hydrogen (secondary N) is 1. The fourth-order valence-electron chi connectivity index (χ4n) is 2.47. The van der Waals surface area contributed by atoms with Gasteiger partial charge in [0.2, 0.25) is 15.9 Å². The Morgan fingerprint density at radius 2 is 1.80 bits per heavy atom. The molecule has 5 nitrogen and oxygen atoms in total. The van der Waals surface area contributed by atoms with Crippen LogP contribution in [0.5, 0.6) is 0 Å². The predicted octanol–water partition coefficient (Wildman–Crippen LogP) is 3.03. The number of sulfonamides is 1. The first-order valence-corrected chi connectivity index (χ1v) is 10.7. The number of carbonyl (C=O) groups excluding carboxylic acids is 1. The number of nitrogens with zero attached hydrogens (tertiary/aromatic N) is 1. The van der Waals surface area contributed by atoms with Crippen LogP contribution in [0.2, 0.25) is 0 Å². The molecule has 1 amide bonds. The molecule has 1 aromatic carbocycles. The third kappa shape index (κ3) is 5.39. The van der Waals surface area contributed by atoms with Crippen molar-refractivity contribution < 1.29 is 13.2 Å². The van der Waals surface area contributed by atoms with Crippen LogP contribution >= 0.6 is 11.3 Å². The molecule has 0 spiro atoms. The molecule has 0 aliphatic carbocycles. The summed E-state index contributed by atoms with van der Waals surface area (Å²) in [5.41, 5.74) is 0.878. The van der Waals surface area contributed by atoms with Gasteiger partial charge in [0.05, 0.1) is 4.90 Å². The van der Waals surface area contributed by atoms with Crippen molar-refractivity contribution in [1.82, 2.24) is 9.62 Å². The molecule has 0 radical (unpaired) electrons. The largest absolute Gasteiger partial charge is 0.352 e. The van der Waals surface area contributed by atoms with E-state index < -0.39 is 10.0 Å². The predicted molar refractivity (Wildman–Crippen MR) is 101 cm³/mol. The maximum Gasteiger partial charge on any atom is 0.243 e. The van der Waals surface area contributed by atoms with Crippen molar-refractivity contribution in [1.29, 1.82) is 0 Å². The molecule has 136 valence electrons. The highest BCUT2D eigenvalue weighted by Crippen LogP contribution is 2.16. The zero-order valence-electron chi connectivity index (χ0n) is 14.6. The SMILES string of the molecule is CCN(CC)S(=O)(=O)c1ccc(CNC(=O)CCc2cccs2)cc1. The fraction of sp³-hybridized carbons (Fsp3) is 0.389. The Hall–Kier alpha value is -1.70. The van der Waals surface area contributed by atoms with Gasteiger partial charge in [0.1, 0.15) is 0 Å². The molecule has 0 atom stereocenters. The van der Waals surface area contributed by atoms with Crippen molar-refractivity contribution in [3.63, 3.8) is 0 Å². The van der Waals surface area contributed by atoms with Gasteiger partial charge >= 0.3 is 0 Å². The first-order valence-electron chi connectivity index (χ1n) is 8.35. The minimum absolute atomic E-state index is 0.00626. The minimum Gasteiger partial charge on any atom is -0.352 e. The normalized spacial score (nSPS) is 11.6. The molecule has 0 fully saturated rings. The molecule has 0 saturated carbocycles. The standard InChI is InChI=1S/C18H24N2O3S2/c1-3-20(4-2)25(22,23)17-10-7-15(8-11-17)14-19-18(21)12-9-16-6-5-13-24-16/h5-8,10-11,13H,3-4,9,12,14H2,1-2H3,(H,19,21). The van der Waals surface area contributed by atoms with Gasteiger partial charge in [-0.25, -0.2) is 8.42 Å². The maximum absolute atomic E-state index is 12.4. The summed E-state index contributed by atoms with van der Waals surface area (Å²) in [5, 5.41) is 4.87. The van der Waals surface area contributed by atoms with Crippen LogP contribution < -0.4 is 5.32 Å². The van der Waals surface area contributed by atoms with Gasteiger partial charge in [-0.05, 0) is 35.6 Å². The first kappa shape index (κ1) is 19.6. The van der Waals surface area contributed by atoms with Crippen LogP contribution in [0.1, 0.15) is 30.7 Å². The molecule has 0 saturated heterocycles. The highest BCUT2D eigenvalue weighted by molar-refractivity contribution is 7.89. The minimum atomic E-state index is -3.44. The van der Waals surface area contributed by atoms with Crippen molar-refractivity contribution in [3.05, 3.63) is 52.2 Å². The van der Waals surface area contributed by atoms with Crippen LogP contribution in [-0.4, -0.2) is 31.7 Å². The maximum atomic E-state index is 12.4. The molecule has 0 aliphatic rings. The van der Waals surface area contributed by atoms with Crippen LogP contribution in [-0.2, 0) is 27.8 Å². The van der Waals surface area contributed by atoms with Crippen molar-refractivity contribution in [2.24, 2.45) is 0 Å². The third-order valence-corrected chi connectivity index (χ3v) is 6.94. The van der Waals surface area contributed by atoms with Crippen molar-refractivity contribution in [2.45, 2.75) is 38.1 Å². The second-order valence-electron chi connectivity index (χ2n) is 5.59. The smallest absolute Gasteiger partial charge is 0.243 e. The molecular formula is C18H24N2O3S2. The van der Waals surface area contributed by atoms with E-state index in [1.54, 1.807) is 35.6 Å². The van der Waals surface area contributed by atoms with Crippen LogP contribution in [0.4, 0.5) is 0 Å². The molecular weight excluding hydrogens is 356 g/mol. The summed E-state index contributed by atoms with van der Waals surface area (Å²) in [7, 11) is -3.44. The molecule has 0 aliphatic heterocycles. The zero-order chi connectivity index (χ0) is 18.3. The lowest BCUT2D eigenvalue weighted by molar-refractivity contribution is -0.121. The van der Waals surface area contributed by atoms with E-state index in [2.05, 4.69) is 5.32 Å². The average Bonchev–Trinajstić information content (AvgIpc) is 3.13. The number of hydrogen-bond acceptors (Lipinski definition) is 4. The second kappa shape index (κ2) is 9.12. The Morgan fingerprint density at radius 1 is 1.12 bits per heavy atom. The lowest BCUT2D eigenvalue weighted by Gasteiger charge is -2.18. The molecule has 1 aromatic heterocycles. The molecule has 2 rings (SSSR count). The number of hydrogen-bond donors (Lipinski definition) is 1. The summed E-state index contributed by atoms with van der Waals surface area (Å²) in [5.74, 6) is -0.00626. The summed E-state index contributed by atoms with van der Waals surface area (Å²) >= 11 is 1.65. The van der Waals surface area contributed by atoms with E-state index in [-0.39, 0.29) is 10.8 Å². The summed E-state index contributed by atoms with van der Waals surface area (Å²) in [6.07, 6.45) is 1.19. The number of thiophene rings is 1. The molecule has 25 heavy (non-hydrogen) atoms. The van der Waals surface area contributed by atoms with E-state index >= 15 is 0 Å². The van der Waals surface area contributed by atoms with Gasteiger partial charge in [0.15, 0.2) is 0 Å². The Kier molecular flexibility index (Phi) is 7.16. The quantitative estimate of drug-likeness (QED) is 0.727. The third-order valence-electron chi connectivity index (χ3n) is 3.93. The van der Waals surface area contributed by atoms with Crippen LogP contribution in [0.25, 0.3) is 0 Å². The molecule has 2 aromatic rings. The van der Waals surface area contributed by atoms with E-state index in [1.165, 1.54) is 9.18 Å². The van der Waals surface area contributed by atoms with Gasteiger partial charge in [-0.1, -0.05) is 32.0 Å². The first-order chi connectivity index (χ1) is 12.0. The Morgan fingerprint density at radius 3 is 2.36 bits per heavy atom. The monoisotopic (exact) mass is 380 g/mol. The fourth-order valence-corrected chi connectivity index (χ4v) is 4.64. The zero-order valence-corrected chi connectivity index (χ0v) is 16.2. The molecule has 0 bridgehead atoms. The summed E-state index contributed by atoms with van der Waals surface area (Å²) in [6, 6.07) is 10.7. The van der Waals surface area contributed by atoms with E-state index in [0.717, 1.165) is 12.0 Å². The van der Waals surface area contributed by atoms with Gasteiger partial charge in [-0.2, -0.15) is 4.31 Å². The summed E-state index contributed by atoms with van der Waals surface area (Å²) < 4.78 is 26.3. The van der Waals surface area contributed by atoms with Gasteiger partial charge in [0, 0.05) is 30.9 Å². The second-order valence-corrected chi connectivity index (χ2v) is 8.56. The summed E-state index contributed by atoms with van der Waals surface area (Å²) in [6.45, 7) is 4.93. The Labute approximate surface area is 153 Å². The van der Waals surface area contributed by atoms with Crippen LogP contribution in [0.15, 0.2) is 46.7 Å². The lowest BCUT2D eigenvalue weighted by Crippen LogP contribution is -2.30. The topological polar surface area (TPSA) is 66.5 Å². The van der Waals surface area contributed by atoms with E-state index in [9.17, 15) is 13.2 Å².